The van der Waals surface area contributed by atoms with Crippen LogP contribution >= 0.6 is 23.4 Å². The number of carbonyl (C=O) groups excluding carboxylic acids is 2. The normalized spacial score (nSPS) is 15.7. The van der Waals surface area contributed by atoms with Gasteiger partial charge in [-0.15, -0.1) is 0 Å². The van der Waals surface area contributed by atoms with Crippen LogP contribution in [0.25, 0.3) is 16.8 Å². The van der Waals surface area contributed by atoms with E-state index in [0.29, 0.717) is 17.3 Å². The minimum absolute atomic E-state index is 0.0373. The van der Waals surface area contributed by atoms with Crippen LogP contribution in [0.2, 0.25) is 5.02 Å². The molecule has 8 heteroatoms. The zero-order chi connectivity index (χ0) is 24.9. The summed E-state index contributed by atoms with van der Waals surface area (Å²) in [5.74, 6) is -1.08. The topological polar surface area (TPSA) is 85.2 Å². The highest BCUT2D eigenvalue weighted by atomic mass is 35.5. The third-order valence-corrected chi connectivity index (χ3v) is 6.53. The molecule has 0 fully saturated rings. The predicted octanol–water partition coefficient (Wildman–Crippen LogP) is 6.59. The molecule has 178 valence electrons. The molecule has 0 saturated carbocycles. The Labute approximate surface area is 211 Å². The Kier molecular flexibility index (Phi) is 7.58. The van der Waals surface area contributed by atoms with Gasteiger partial charge >= 0.3 is 5.97 Å². The summed E-state index contributed by atoms with van der Waals surface area (Å²) in [6.45, 7) is 4.10. The van der Waals surface area contributed by atoms with Gasteiger partial charge in [0.15, 0.2) is 0 Å². The molecule has 0 unspecified atom stereocenters. The Hall–Kier alpha value is -3.55. The number of nitrogens with zero attached hydrogens (tertiary/aromatic N) is 1. The Balaban J connectivity index is 1.84. The first-order chi connectivity index (χ1) is 16.9. The fourth-order valence-electron chi connectivity index (χ4n) is 3.62. The second-order valence-corrected chi connectivity index (χ2v) is 8.83. The number of aliphatic hydroxyl groups is 1. The van der Waals surface area contributed by atoms with Gasteiger partial charge in [0.1, 0.15) is 22.1 Å². The summed E-state index contributed by atoms with van der Waals surface area (Å²) in [6, 6.07) is 18.1. The molecule has 3 aromatic carbocycles. The highest BCUT2D eigenvalue weighted by Crippen LogP contribution is 2.41. The van der Waals surface area contributed by atoms with Gasteiger partial charge in [-0.25, -0.2) is 9.79 Å². The number of aliphatic imine (C=N–C) groups is 1. The molecule has 0 saturated heterocycles. The van der Waals surface area contributed by atoms with Crippen molar-refractivity contribution >= 4 is 57.1 Å². The largest absolute Gasteiger partial charge is 0.506 e. The van der Waals surface area contributed by atoms with Gasteiger partial charge in [0, 0.05) is 5.56 Å². The van der Waals surface area contributed by atoms with Crippen molar-refractivity contribution in [3.63, 3.8) is 0 Å². The second kappa shape index (κ2) is 10.8. The Morgan fingerprint density at radius 3 is 2.51 bits per heavy atom. The molecule has 0 atom stereocenters. The van der Waals surface area contributed by atoms with E-state index in [-0.39, 0.29) is 33.6 Å². The number of fused-ring (bicyclic) bond motifs is 1. The van der Waals surface area contributed by atoms with E-state index in [1.165, 1.54) is 0 Å². The monoisotopic (exact) mass is 507 g/mol. The quantitative estimate of drug-likeness (QED) is 0.379. The third-order valence-electron chi connectivity index (χ3n) is 5.18. The maximum atomic E-state index is 12.9. The minimum Gasteiger partial charge on any atom is -0.506 e. The molecule has 3 aromatic rings. The molecule has 0 spiro atoms. The van der Waals surface area contributed by atoms with Gasteiger partial charge in [-0.05, 0) is 48.9 Å². The average Bonchev–Trinajstić information content (AvgIpc) is 3.15. The van der Waals surface area contributed by atoms with Gasteiger partial charge in [0.2, 0.25) is 0 Å². The lowest BCUT2D eigenvalue weighted by Gasteiger charge is -2.11. The summed E-state index contributed by atoms with van der Waals surface area (Å²) in [5, 5.41) is 13.2. The molecular formula is C27H22ClNO5S. The van der Waals surface area contributed by atoms with Crippen molar-refractivity contribution in [1.82, 2.24) is 0 Å². The van der Waals surface area contributed by atoms with Crippen molar-refractivity contribution in [3.8, 4) is 5.75 Å². The molecule has 0 aliphatic carbocycles. The number of benzene rings is 3. The van der Waals surface area contributed by atoms with Gasteiger partial charge in [0.05, 0.1) is 28.7 Å². The van der Waals surface area contributed by atoms with E-state index in [0.717, 1.165) is 28.1 Å². The molecule has 35 heavy (non-hydrogen) atoms. The van der Waals surface area contributed by atoms with E-state index >= 15 is 0 Å². The summed E-state index contributed by atoms with van der Waals surface area (Å²) < 4.78 is 11.0. The van der Waals surface area contributed by atoms with E-state index < -0.39 is 11.9 Å². The van der Waals surface area contributed by atoms with Crippen molar-refractivity contribution < 1.29 is 24.2 Å². The zero-order valence-electron chi connectivity index (χ0n) is 19.1. The molecule has 0 aromatic heterocycles. The number of rotatable bonds is 6. The van der Waals surface area contributed by atoms with Gasteiger partial charge in [0.25, 0.3) is 5.91 Å². The van der Waals surface area contributed by atoms with Crippen molar-refractivity contribution in [2.24, 2.45) is 4.99 Å². The number of carbonyl (C=O) groups is 2. The summed E-state index contributed by atoms with van der Waals surface area (Å²) in [7, 11) is 0. The Bertz CT molecular complexity index is 1410. The SMILES string of the molecule is CCOC(=O)C1=C(O)/C(=C/c2c(OCC)ccc3ccccc23)SC1=NC(=O)c1ccccc1Cl. The molecule has 4 rings (SSSR count). The van der Waals surface area contributed by atoms with Crippen molar-refractivity contribution in [2.75, 3.05) is 13.2 Å². The standard InChI is InChI=1S/C27H22ClNO5S/c1-3-33-21-14-13-16-9-5-6-10-17(16)19(21)15-22-24(30)23(27(32)34-4-2)26(35-22)29-25(31)18-11-7-8-12-20(18)28/h5-15,30H,3-4H2,1-2H3/b22-15-,29-26?. The van der Waals surface area contributed by atoms with E-state index in [1.54, 1.807) is 37.3 Å². The number of hydrogen-bond donors (Lipinski definition) is 1. The average molecular weight is 508 g/mol. The van der Waals surface area contributed by atoms with Crippen LogP contribution in [-0.2, 0) is 9.53 Å². The lowest BCUT2D eigenvalue weighted by Crippen LogP contribution is -2.14. The first kappa shape index (κ1) is 24.6. The summed E-state index contributed by atoms with van der Waals surface area (Å²) in [4.78, 5) is 30.0. The Morgan fingerprint density at radius 2 is 1.77 bits per heavy atom. The lowest BCUT2D eigenvalue weighted by molar-refractivity contribution is -0.138. The number of esters is 1. The Morgan fingerprint density at radius 1 is 1.03 bits per heavy atom. The smallest absolute Gasteiger partial charge is 0.344 e. The molecule has 1 aliphatic heterocycles. The van der Waals surface area contributed by atoms with Gasteiger partial charge < -0.3 is 14.6 Å². The maximum Gasteiger partial charge on any atom is 0.344 e. The lowest BCUT2D eigenvalue weighted by atomic mass is 10.0. The molecule has 6 nitrogen and oxygen atoms in total. The molecule has 1 N–H and O–H groups in total. The number of aliphatic hydroxyl groups excluding tert-OH is 1. The van der Waals surface area contributed by atoms with E-state index in [1.807, 2.05) is 43.3 Å². The minimum atomic E-state index is -0.769. The molecular weight excluding hydrogens is 486 g/mol. The van der Waals surface area contributed by atoms with Crippen LogP contribution in [0.4, 0.5) is 0 Å². The predicted molar refractivity (Wildman–Crippen MR) is 140 cm³/mol. The molecule has 1 amide bonds. The van der Waals surface area contributed by atoms with Crippen LogP contribution < -0.4 is 4.74 Å². The number of amides is 1. The van der Waals surface area contributed by atoms with Crippen LogP contribution in [0.3, 0.4) is 0 Å². The first-order valence-electron chi connectivity index (χ1n) is 11.0. The van der Waals surface area contributed by atoms with E-state index in [9.17, 15) is 14.7 Å². The number of halogens is 1. The van der Waals surface area contributed by atoms with E-state index in [2.05, 4.69) is 4.99 Å². The third kappa shape index (κ3) is 5.11. The van der Waals surface area contributed by atoms with Gasteiger partial charge in [-0.2, -0.15) is 0 Å². The van der Waals surface area contributed by atoms with Crippen molar-refractivity contribution in [3.05, 3.63) is 93.1 Å². The van der Waals surface area contributed by atoms with Crippen LogP contribution in [-0.4, -0.2) is 35.2 Å². The highest BCUT2D eigenvalue weighted by Gasteiger charge is 2.34. The van der Waals surface area contributed by atoms with Gasteiger partial charge in [-0.1, -0.05) is 65.8 Å². The molecule has 0 radical (unpaired) electrons. The van der Waals surface area contributed by atoms with Gasteiger partial charge in [-0.3, -0.25) is 4.79 Å². The van der Waals surface area contributed by atoms with Crippen molar-refractivity contribution in [2.45, 2.75) is 13.8 Å². The zero-order valence-corrected chi connectivity index (χ0v) is 20.7. The second-order valence-electron chi connectivity index (χ2n) is 7.39. The van der Waals surface area contributed by atoms with Crippen LogP contribution in [0.1, 0.15) is 29.8 Å². The molecule has 1 aliphatic rings. The summed E-state index contributed by atoms with van der Waals surface area (Å²) >= 11 is 7.15. The summed E-state index contributed by atoms with van der Waals surface area (Å²) in [5.41, 5.74) is 0.762. The molecule has 1 heterocycles. The number of thioether (sulfide) groups is 1. The fourth-order valence-corrected chi connectivity index (χ4v) is 4.83. The maximum absolute atomic E-state index is 12.9. The highest BCUT2D eigenvalue weighted by molar-refractivity contribution is 8.18. The molecule has 0 bridgehead atoms. The van der Waals surface area contributed by atoms with Crippen molar-refractivity contribution in [1.29, 1.82) is 0 Å². The van der Waals surface area contributed by atoms with Crippen LogP contribution in [0, 0.1) is 0 Å². The summed E-state index contributed by atoms with van der Waals surface area (Å²) in [6.07, 6.45) is 1.73. The fraction of sp³-hybridized carbons (Fsp3) is 0.148. The number of hydrogen-bond acceptors (Lipinski definition) is 6. The number of ether oxygens (including phenoxy) is 2. The van der Waals surface area contributed by atoms with E-state index in [4.69, 9.17) is 21.1 Å². The van der Waals surface area contributed by atoms with Crippen LogP contribution in [0.15, 0.2) is 81.9 Å². The van der Waals surface area contributed by atoms with Crippen LogP contribution in [0.5, 0.6) is 5.75 Å². The first-order valence-corrected chi connectivity index (χ1v) is 12.2.